The van der Waals surface area contributed by atoms with E-state index in [-0.39, 0.29) is 23.7 Å². The van der Waals surface area contributed by atoms with Crippen LogP contribution in [-0.4, -0.2) is 32.1 Å². The third-order valence-corrected chi connectivity index (χ3v) is 5.22. The van der Waals surface area contributed by atoms with Gasteiger partial charge in [0.2, 0.25) is 0 Å². The number of nitrogens with zero attached hydrogens (tertiary/aromatic N) is 1. The lowest BCUT2D eigenvalue weighted by atomic mass is 10.1. The van der Waals surface area contributed by atoms with Crippen LogP contribution in [0.2, 0.25) is 0 Å². The van der Waals surface area contributed by atoms with Crippen molar-refractivity contribution in [3.63, 3.8) is 0 Å². The summed E-state index contributed by atoms with van der Waals surface area (Å²) in [5.41, 5.74) is 2.37. The Kier molecular flexibility index (Phi) is 9.66. The van der Waals surface area contributed by atoms with E-state index in [2.05, 4.69) is 5.32 Å². The Labute approximate surface area is 210 Å². The van der Waals surface area contributed by atoms with E-state index in [1.165, 1.54) is 13.2 Å². The zero-order chi connectivity index (χ0) is 25.8. The van der Waals surface area contributed by atoms with Crippen LogP contribution < -0.4 is 19.5 Å². The highest BCUT2D eigenvalue weighted by molar-refractivity contribution is 6.01. The third kappa shape index (κ3) is 7.21. The number of carbonyl (C=O) groups is 2. The molecule has 0 unspecified atom stereocenters. The molecule has 1 N–H and O–H groups in total. The number of methoxy groups -OCH3 is 1. The van der Waals surface area contributed by atoms with Crippen molar-refractivity contribution in [2.45, 2.75) is 19.8 Å². The van der Waals surface area contributed by atoms with E-state index in [1.54, 1.807) is 24.3 Å². The molecular formula is C29H28N2O5. The van der Waals surface area contributed by atoms with Crippen molar-refractivity contribution in [1.29, 1.82) is 5.26 Å². The molecule has 0 radical (unpaired) electrons. The molecular weight excluding hydrogens is 456 g/mol. The lowest BCUT2D eigenvalue weighted by Gasteiger charge is -2.13. The summed E-state index contributed by atoms with van der Waals surface area (Å²) in [6.45, 7) is 2.22. The number of esters is 1. The highest BCUT2D eigenvalue weighted by atomic mass is 16.6. The van der Waals surface area contributed by atoms with E-state index in [0.717, 1.165) is 24.0 Å². The number of hydrogen-bond acceptors (Lipinski definition) is 6. The van der Waals surface area contributed by atoms with Crippen LogP contribution in [0.3, 0.4) is 0 Å². The molecule has 0 fully saturated rings. The Balaban J connectivity index is 1.67. The first-order valence-electron chi connectivity index (χ1n) is 11.6. The summed E-state index contributed by atoms with van der Waals surface area (Å²) >= 11 is 0. The van der Waals surface area contributed by atoms with Gasteiger partial charge < -0.3 is 19.5 Å². The summed E-state index contributed by atoms with van der Waals surface area (Å²) in [5, 5.41) is 12.1. The van der Waals surface area contributed by atoms with Crippen molar-refractivity contribution in [1.82, 2.24) is 5.32 Å². The molecule has 0 atom stereocenters. The molecule has 3 rings (SSSR count). The average molecular weight is 485 g/mol. The topological polar surface area (TPSA) is 97.7 Å². The molecule has 36 heavy (non-hydrogen) atoms. The number of ether oxygens (including phenoxy) is 3. The molecule has 7 heteroatoms. The molecule has 0 bridgehead atoms. The second-order valence-electron chi connectivity index (χ2n) is 7.81. The van der Waals surface area contributed by atoms with Crippen molar-refractivity contribution >= 4 is 18.0 Å². The SMILES string of the molecule is CCCCNC(=O)/C(C#N)=C/c1ccc(OC(=O)COc2ccccc2-c2ccccc2)c(OC)c1. The summed E-state index contributed by atoms with van der Waals surface area (Å²) in [5.74, 6) is 0.00568. The molecule has 3 aromatic carbocycles. The van der Waals surface area contributed by atoms with E-state index in [0.29, 0.717) is 17.9 Å². The number of unbranched alkanes of at least 4 members (excludes halogenated alkanes) is 1. The number of hydrogen-bond donors (Lipinski definition) is 1. The second-order valence-corrected chi connectivity index (χ2v) is 7.81. The normalized spacial score (nSPS) is 10.8. The van der Waals surface area contributed by atoms with Crippen LogP contribution in [0.5, 0.6) is 17.2 Å². The molecule has 184 valence electrons. The van der Waals surface area contributed by atoms with Gasteiger partial charge in [-0.05, 0) is 41.8 Å². The van der Waals surface area contributed by atoms with E-state index >= 15 is 0 Å². The number of rotatable bonds is 11. The quantitative estimate of drug-likeness (QED) is 0.133. The van der Waals surface area contributed by atoms with E-state index in [1.807, 2.05) is 61.5 Å². The Bertz CT molecular complexity index is 1260. The number of amides is 1. The van der Waals surface area contributed by atoms with Gasteiger partial charge >= 0.3 is 5.97 Å². The van der Waals surface area contributed by atoms with Gasteiger partial charge in [0.15, 0.2) is 18.1 Å². The van der Waals surface area contributed by atoms with Gasteiger partial charge in [-0.15, -0.1) is 0 Å². The Hall–Kier alpha value is -4.57. The van der Waals surface area contributed by atoms with Crippen LogP contribution in [0.25, 0.3) is 17.2 Å². The second kappa shape index (κ2) is 13.4. The van der Waals surface area contributed by atoms with Crippen molar-refractivity contribution in [2.24, 2.45) is 0 Å². The van der Waals surface area contributed by atoms with Gasteiger partial charge in [0.05, 0.1) is 7.11 Å². The number of benzene rings is 3. The Morgan fingerprint density at radius 2 is 1.72 bits per heavy atom. The first-order valence-corrected chi connectivity index (χ1v) is 11.6. The maximum atomic E-state index is 12.5. The predicted octanol–water partition coefficient (Wildman–Crippen LogP) is 5.17. The minimum absolute atomic E-state index is 0.0246. The van der Waals surface area contributed by atoms with Gasteiger partial charge in [0.1, 0.15) is 17.4 Å². The molecule has 0 saturated carbocycles. The average Bonchev–Trinajstić information content (AvgIpc) is 2.92. The fraction of sp³-hybridized carbons (Fsp3) is 0.207. The fourth-order valence-corrected chi connectivity index (χ4v) is 3.38. The minimum atomic E-state index is -0.604. The maximum Gasteiger partial charge on any atom is 0.349 e. The summed E-state index contributed by atoms with van der Waals surface area (Å²) in [4.78, 5) is 24.7. The highest BCUT2D eigenvalue weighted by Gasteiger charge is 2.14. The summed E-state index contributed by atoms with van der Waals surface area (Å²) in [7, 11) is 1.44. The first-order chi connectivity index (χ1) is 17.5. The number of para-hydroxylation sites is 1. The van der Waals surface area contributed by atoms with Crippen LogP contribution in [0.1, 0.15) is 25.3 Å². The smallest absolute Gasteiger partial charge is 0.349 e. The summed E-state index contributed by atoms with van der Waals surface area (Å²) in [6.07, 6.45) is 3.23. The molecule has 0 heterocycles. The maximum absolute atomic E-state index is 12.5. The number of nitrogens with one attached hydrogen (secondary N) is 1. The minimum Gasteiger partial charge on any atom is -0.493 e. The van der Waals surface area contributed by atoms with Gasteiger partial charge in [-0.3, -0.25) is 4.79 Å². The molecule has 0 aliphatic rings. The summed E-state index contributed by atoms with van der Waals surface area (Å²) < 4.78 is 16.6. The molecule has 7 nitrogen and oxygen atoms in total. The molecule has 1 amide bonds. The Morgan fingerprint density at radius 1 is 0.972 bits per heavy atom. The van der Waals surface area contributed by atoms with Crippen LogP contribution in [-0.2, 0) is 9.59 Å². The van der Waals surface area contributed by atoms with Crippen LogP contribution in [0.15, 0.2) is 78.4 Å². The predicted molar refractivity (Wildman–Crippen MR) is 138 cm³/mol. The summed E-state index contributed by atoms with van der Waals surface area (Å²) in [6, 6.07) is 23.9. The van der Waals surface area contributed by atoms with E-state index in [9.17, 15) is 14.9 Å². The monoisotopic (exact) mass is 484 g/mol. The van der Waals surface area contributed by atoms with Crippen LogP contribution in [0.4, 0.5) is 0 Å². The zero-order valence-corrected chi connectivity index (χ0v) is 20.3. The van der Waals surface area contributed by atoms with E-state index in [4.69, 9.17) is 14.2 Å². The largest absolute Gasteiger partial charge is 0.493 e. The number of nitriles is 1. The number of carbonyl (C=O) groups excluding carboxylic acids is 2. The molecule has 0 saturated heterocycles. The van der Waals surface area contributed by atoms with Crippen molar-refractivity contribution in [2.75, 3.05) is 20.3 Å². The van der Waals surface area contributed by atoms with Crippen LogP contribution >= 0.6 is 0 Å². The highest BCUT2D eigenvalue weighted by Crippen LogP contribution is 2.31. The van der Waals surface area contributed by atoms with Gasteiger partial charge in [0, 0.05) is 12.1 Å². The molecule has 0 aliphatic heterocycles. The molecule has 3 aromatic rings. The molecule has 0 spiro atoms. The van der Waals surface area contributed by atoms with Gasteiger partial charge in [0.25, 0.3) is 5.91 Å². The lowest BCUT2D eigenvalue weighted by molar-refractivity contribution is -0.136. The van der Waals surface area contributed by atoms with Gasteiger partial charge in [-0.1, -0.05) is 67.9 Å². The van der Waals surface area contributed by atoms with Crippen molar-refractivity contribution in [3.05, 3.63) is 83.9 Å². The lowest BCUT2D eigenvalue weighted by Crippen LogP contribution is -2.25. The molecule has 0 aliphatic carbocycles. The van der Waals surface area contributed by atoms with Gasteiger partial charge in [-0.25, -0.2) is 4.79 Å². The molecule has 0 aromatic heterocycles. The fourth-order valence-electron chi connectivity index (χ4n) is 3.38. The van der Waals surface area contributed by atoms with Gasteiger partial charge in [-0.2, -0.15) is 5.26 Å². The zero-order valence-electron chi connectivity index (χ0n) is 20.3. The van der Waals surface area contributed by atoms with Crippen LogP contribution in [0, 0.1) is 11.3 Å². The first kappa shape index (κ1) is 26.0. The third-order valence-electron chi connectivity index (χ3n) is 5.22. The van der Waals surface area contributed by atoms with Crippen molar-refractivity contribution in [3.8, 4) is 34.4 Å². The van der Waals surface area contributed by atoms with Crippen molar-refractivity contribution < 1.29 is 23.8 Å². The Morgan fingerprint density at radius 3 is 2.44 bits per heavy atom. The standard InChI is InChI=1S/C29H28N2O5/c1-3-4-16-31-29(33)23(19-30)17-21-14-15-26(27(18-21)34-2)36-28(32)20-35-25-13-9-8-12-24(25)22-10-6-5-7-11-22/h5-15,17-18H,3-4,16,20H2,1-2H3,(H,31,33)/b23-17+. The van der Waals surface area contributed by atoms with E-state index < -0.39 is 11.9 Å².